The Bertz CT molecular complexity index is 827. The fourth-order valence-corrected chi connectivity index (χ4v) is 2.64. The van der Waals surface area contributed by atoms with Gasteiger partial charge in [0.1, 0.15) is 0 Å². The zero-order valence-electron chi connectivity index (χ0n) is 16.2. The summed E-state index contributed by atoms with van der Waals surface area (Å²) < 4.78 is 16.1. The van der Waals surface area contributed by atoms with Gasteiger partial charge in [-0.25, -0.2) is 0 Å². The summed E-state index contributed by atoms with van der Waals surface area (Å²) in [6.07, 6.45) is 0. The van der Waals surface area contributed by atoms with E-state index in [1.807, 2.05) is 26.0 Å². The summed E-state index contributed by atoms with van der Waals surface area (Å²) in [7, 11) is 4.70. The zero-order chi connectivity index (χ0) is 20.0. The molecule has 0 aromatic heterocycles. The van der Waals surface area contributed by atoms with Crippen LogP contribution in [-0.4, -0.2) is 26.4 Å². The second-order valence-electron chi connectivity index (χ2n) is 5.92. The Balaban J connectivity index is 2.07. The van der Waals surface area contributed by atoms with Crippen molar-refractivity contribution in [1.82, 2.24) is 10.9 Å². The van der Waals surface area contributed by atoms with Gasteiger partial charge in [0, 0.05) is 11.3 Å². The van der Waals surface area contributed by atoms with Gasteiger partial charge in [0.25, 0.3) is 0 Å². The predicted octanol–water partition coefficient (Wildman–Crippen LogP) is 3.79. The van der Waals surface area contributed by atoms with E-state index in [1.165, 1.54) is 0 Å². The number of hydrogen-bond donors (Lipinski definition) is 3. The quantitative estimate of drug-likeness (QED) is 0.493. The van der Waals surface area contributed by atoms with Crippen molar-refractivity contribution in [2.45, 2.75) is 13.8 Å². The van der Waals surface area contributed by atoms with Crippen molar-refractivity contribution >= 4 is 28.7 Å². The van der Waals surface area contributed by atoms with E-state index in [-0.39, 0.29) is 0 Å². The summed E-state index contributed by atoms with van der Waals surface area (Å²) in [5.41, 5.74) is 10.5. The molecule has 6 nitrogen and oxygen atoms in total. The highest BCUT2D eigenvalue weighted by Gasteiger charge is 2.14. The van der Waals surface area contributed by atoms with Gasteiger partial charge in [-0.05, 0) is 55.4 Å². The third kappa shape index (κ3) is 5.04. The van der Waals surface area contributed by atoms with Crippen LogP contribution in [0.2, 0.25) is 0 Å². The molecule has 0 radical (unpaired) electrons. The van der Waals surface area contributed by atoms with Crippen LogP contribution in [0, 0.1) is 13.8 Å². The summed E-state index contributed by atoms with van der Waals surface area (Å²) in [5.74, 6) is 1.62. The molecule has 2 rings (SSSR count). The Hall–Kier alpha value is -2.93. The highest BCUT2D eigenvalue weighted by atomic mass is 32.1. The van der Waals surface area contributed by atoms with E-state index in [0.29, 0.717) is 28.1 Å². The van der Waals surface area contributed by atoms with Crippen LogP contribution in [0.3, 0.4) is 0 Å². The van der Waals surface area contributed by atoms with Crippen LogP contribution in [0.4, 0.5) is 5.69 Å². The third-order valence-electron chi connectivity index (χ3n) is 3.98. The molecule has 27 heavy (non-hydrogen) atoms. The molecule has 3 N–H and O–H groups in total. The van der Waals surface area contributed by atoms with Crippen molar-refractivity contribution in [1.29, 1.82) is 0 Å². The monoisotopic (exact) mass is 387 g/mol. The van der Waals surface area contributed by atoms with Crippen LogP contribution < -0.4 is 30.4 Å². The first-order chi connectivity index (χ1) is 12.9. The molecule has 7 heteroatoms. The lowest BCUT2D eigenvalue weighted by Gasteiger charge is -2.18. The first-order valence-corrected chi connectivity index (χ1v) is 8.70. The molecule has 0 spiro atoms. The topological polar surface area (TPSA) is 63.8 Å². The van der Waals surface area contributed by atoms with E-state index >= 15 is 0 Å². The maximum Gasteiger partial charge on any atom is 0.203 e. The molecule has 0 aliphatic carbocycles. The summed E-state index contributed by atoms with van der Waals surface area (Å²) in [5, 5.41) is 3.60. The molecule has 0 saturated carbocycles. The van der Waals surface area contributed by atoms with E-state index in [1.54, 1.807) is 33.5 Å². The van der Waals surface area contributed by atoms with Crippen molar-refractivity contribution in [2.24, 2.45) is 0 Å². The number of methoxy groups -OCH3 is 3. The molecule has 0 amide bonds. The molecule has 0 heterocycles. The molecule has 0 saturated heterocycles. The van der Waals surface area contributed by atoms with E-state index in [4.69, 9.17) is 26.4 Å². The van der Waals surface area contributed by atoms with Crippen LogP contribution in [0.25, 0.3) is 5.70 Å². The number of benzene rings is 2. The van der Waals surface area contributed by atoms with Crippen molar-refractivity contribution in [2.75, 3.05) is 26.6 Å². The van der Waals surface area contributed by atoms with Gasteiger partial charge < -0.3 is 19.5 Å². The van der Waals surface area contributed by atoms with E-state index in [0.717, 1.165) is 22.4 Å². The number of anilines is 1. The van der Waals surface area contributed by atoms with Crippen molar-refractivity contribution < 1.29 is 14.2 Å². The Kier molecular flexibility index (Phi) is 6.90. The van der Waals surface area contributed by atoms with Gasteiger partial charge in [-0.15, -0.1) is 0 Å². The highest BCUT2D eigenvalue weighted by Crippen LogP contribution is 2.39. The highest BCUT2D eigenvalue weighted by molar-refractivity contribution is 7.80. The fourth-order valence-electron chi connectivity index (χ4n) is 2.48. The lowest BCUT2D eigenvalue weighted by Crippen LogP contribution is -2.38. The van der Waals surface area contributed by atoms with Crippen LogP contribution in [-0.2, 0) is 0 Å². The Labute approximate surface area is 165 Å². The van der Waals surface area contributed by atoms with Crippen molar-refractivity contribution in [3.8, 4) is 17.2 Å². The van der Waals surface area contributed by atoms with Crippen molar-refractivity contribution in [3.05, 3.63) is 53.6 Å². The number of rotatable bonds is 7. The molecule has 0 aliphatic heterocycles. The molecular formula is C20H25N3O3S. The second kappa shape index (κ2) is 9.14. The number of hydrazine groups is 1. The number of nitrogens with one attached hydrogen (secondary N) is 3. The predicted molar refractivity (Wildman–Crippen MR) is 114 cm³/mol. The lowest BCUT2D eigenvalue weighted by molar-refractivity contribution is 0.324. The minimum Gasteiger partial charge on any atom is -0.493 e. The second-order valence-corrected chi connectivity index (χ2v) is 6.32. The first-order valence-electron chi connectivity index (χ1n) is 8.29. The number of ether oxygens (including phenoxy) is 3. The Morgan fingerprint density at radius 1 is 0.926 bits per heavy atom. The van der Waals surface area contributed by atoms with Crippen LogP contribution in [0.1, 0.15) is 16.7 Å². The van der Waals surface area contributed by atoms with Gasteiger partial charge in [-0.2, -0.15) is 0 Å². The minimum atomic E-state index is 0.428. The summed E-state index contributed by atoms with van der Waals surface area (Å²) in [6, 6.07) is 9.75. The number of aryl methyl sites for hydroxylation is 2. The molecule has 2 aromatic rings. The Morgan fingerprint density at radius 3 is 2.11 bits per heavy atom. The normalized spacial score (nSPS) is 9.96. The van der Waals surface area contributed by atoms with Gasteiger partial charge in [-0.3, -0.25) is 10.9 Å². The largest absolute Gasteiger partial charge is 0.493 e. The van der Waals surface area contributed by atoms with Gasteiger partial charge in [-0.1, -0.05) is 18.7 Å². The SMILES string of the molecule is C=C(NNC(=S)Nc1cc(C)ccc1C)c1cc(OC)c(OC)c(OC)c1. The molecule has 2 aromatic carbocycles. The average molecular weight is 388 g/mol. The standard InChI is InChI=1S/C20H25N3O3S/c1-12-7-8-13(2)16(9-12)21-20(27)23-22-14(3)15-10-17(24-4)19(26-6)18(11-15)25-5/h7-11,22H,3H2,1-2,4-6H3,(H2,21,23,27). The van der Waals surface area contributed by atoms with Crippen LogP contribution in [0.15, 0.2) is 36.9 Å². The van der Waals surface area contributed by atoms with E-state index < -0.39 is 0 Å². The Morgan fingerprint density at radius 2 is 1.56 bits per heavy atom. The number of hydrogen-bond acceptors (Lipinski definition) is 5. The van der Waals surface area contributed by atoms with Gasteiger partial charge in [0.15, 0.2) is 16.6 Å². The molecular weight excluding hydrogens is 362 g/mol. The third-order valence-corrected chi connectivity index (χ3v) is 4.19. The van der Waals surface area contributed by atoms with Gasteiger partial charge in [0.05, 0.1) is 27.0 Å². The summed E-state index contributed by atoms with van der Waals surface area (Å²) in [6.45, 7) is 8.08. The average Bonchev–Trinajstić information content (AvgIpc) is 2.67. The number of thiocarbonyl (C=S) groups is 1. The maximum atomic E-state index is 5.37. The maximum absolute atomic E-state index is 5.37. The van der Waals surface area contributed by atoms with Crippen LogP contribution >= 0.6 is 12.2 Å². The molecule has 0 fully saturated rings. The zero-order valence-corrected chi connectivity index (χ0v) is 17.0. The summed E-state index contributed by atoms with van der Waals surface area (Å²) in [4.78, 5) is 0. The van der Waals surface area contributed by atoms with E-state index in [9.17, 15) is 0 Å². The van der Waals surface area contributed by atoms with Gasteiger partial charge in [0.2, 0.25) is 5.75 Å². The van der Waals surface area contributed by atoms with E-state index in [2.05, 4.69) is 28.8 Å². The lowest BCUT2D eigenvalue weighted by atomic mass is 10.1. The fraction of sp³-hybridized carbons (Fsp3) is 0.250. The van der Waals surface area contributed by atoms with Crippen LogP contribution in [0.5, 0.6) is 17.2 Å². The minimum absolute atomic E-state index is 0.428. The molecule has 144 valence electrons. The smallest absolute Gasteiger partial charge is 0.203 e. The first kappa shape index (κ1) is 20.4. The molecule has 0 atom stereocenters. The molecule has 0 aliphatic rings. The molecule has 0 bridgehead atoms. The van der Waals surface area contributed by atoms with Gasteiger partial charge >= 0.3 is 0 Å². The summed E-state index contributed by atoms with van der Waals surface area (Å²) >= 11 is 5.35. The molecule has 0 unspecified atom stereocenters. The van der Waals surface area contributed by atoms with Crippen molar-refractivity contribution in [3.63, 3.8) is 0 Å².